The van der Waals surface area contributed by atoms with Gasteiger partial charge in [0.05, 0.1) is 21.1 Å². The van der Waals surface area contributed by atoms with Crippen LogP contribution >= 0.6 is 9.90 Å². The van der Waals surface area contributed by atoms with Crippen LogP contribution < -0.4 is 0 Å². The maximum absolute atomic E-state index is 10.3. The summed E-state index contributed by atoms with van der Waals surface area (Å²) in [7, 11) is 6.18. The van der Waals surface area contributed by atoms with Crippen molar-refractivity contribution in [3.05, 3.63) is 0 Å². The van der Waals surface area contributed by atoms with Crippen molar-refractivity contribution in [2.24, 2.45) is 0 Å². The van der Waals surface area contributed by atoms with Gasteiger partial charge in [-0.3, -0.25) is 4.79 Å². The van der Waals surface area contributed by atoms with E-state index in [4.69, 9.17) is 4.74 Å². The predicted octanol–water partition coefficient (Wildman–Crippen LogP) is -0.688. The Morgan fingerprint density at radius 3 is 1.92 bits per heavy atom. The fourth-order valence-corrected chi connectivity index (χ4v) is 0.463. The van der Waals surface area contributed by atoms with Crippen molar-refractivity contribution in [3.63, 3.8) is 0 Å². The molecule has 0 bridgehead atoms. The lowest BCUT2D eigenvalue weighted by Crippen LogP contribution is -2.37. The van der Waals surface area contributed by atoms with Gasteiger partial charge in [0.25, 0.3) is 0 Å². The highest BCUT2D eigenvalue weighted by atomic mass is 31.0. The van der Waals surface area contributed by atoms with Gasteiger partial charge in [-0.25, -0.2) is 0 Å². The van der Waals surface area contributed by atoms with Gasteiger partial charge in [-0.15, -0.1) is 0 Å². The number of carbonyl (C=O) groups excluding carboxylic acids is 1. The Kier molecular flexibility index (Phi) is 17.5. The molecule has 1 unspecified atom stereocenters. The fourth-order valence-electron chi connectivity index (χ4n) is 0.463. The van der Waals surface area contributed by atoms with Gasteiger partial charge in [-0.2, -0.15) is 9.90 Å². The first-order chi connectivity index (χ1) is 4.42. The molecule has 0 saturated heterocycles. The molecule has 84 valence electrons. The molecule has 0 aromatic rings. The van der Waals surface area contributed by atoms with Crippen LogP contribution in [0.5, 0.6) is 0 Å². The lowest BCUT2D eigenvalue weighted by Gasteiger charge is -2.23. The topological polar surface area (TPSA) is 87.8 Å². The van der Waals surface area contributed by atoms with Crippen LogP contribution in [0, 0.1) is 0 Å². The number of likely N-dealkylation sites (N-methyl/N-ethyl adjacent to an activating group) is 1. The molecule has 0 rings (SSSR count). The van der Waals surface area contributed by atoms with E-state index in [9.17, 15) is 4.79 Å². The molecule has 0 saturated carbocycles. The van der Waals surface area contributed by atoms with Gasteiger partial charge in [0.1, 0.15) is 13.2 Å². The number of hydrogen-bond acceptors (Lipinski definition) is 3. The summed E-state index contributed by atoms with van der Waals surface area (Å²) in [6.07, 6.45) is 0. The van der Waals surface area contributed by atoms with E-state index in [-0.39, 0.29) is 26.8 Å². The first kappa shape index (κ1) is 23.0. The van der Waals surface area contributed by atoms with Gasteiger partial charge in [0.15, 0.2) is 0 Å². The average molecular weight is 215 g/mol. The van der Waals surface area contributed by atoms with Crippen LogP contribution in [0.4, 0.5) is 0 Å². The van der Waals surface area contributed by atoms with Gasteiger partial charge in [0, 0.05) is 6.92 Å². The standard InChI is InChI=1S/C7H16NO2.2H2O.H3P/c1-7(9)10-6-5-8(2,3)4;;;/h5-6H2,1-4H3;2*1H2;1H3/q+1;;;/p-1. The molecule has 0 aromatic heterocycles. The predicted molar refractivity (Wildman–Crippen MR) is 56.2 cm³/mol. The van der Waals surface area contributed by atoms with Crippen LogP contribution in [0.25, 0.3) is 0 Å². The van der Waals surface area contributed by atoms with E-state index in [1.807, 2.05) is 0 Å². The van der Waals surface area contributed by atoms with Crippen LogP contribution in [0.15, 0.2) is 0 Å². The maximum Gasteiger partial charge on any atom is 0.302 e. The SMILES string of the molecule is CC(=O)OCC[N+](C)(C)C.O.P.[OH-]. The number of carbonyl (C=O) groups is 1. The smallest absolute Gasteiger partial charge is 0.302 e. The maximum atomic E-state index is 10.3. The average Bonchev–Trinajstić information content (AvgIpc) is 1.59. The van der Waals surface area contributed by atoms with Gasteiger partial charge < -0.3 is 20.2 Å². The molecule has 3 N–H and O–H groups in total. The summed E-state index contributed by atoms with van der Waals surface area (Å²) in [6.45, 7) is 2.80. The third-order valence-corrected chi connectivity index (χ3v) is 1.07. The highest BCUT2D eigenvalue weighted by molar-refractivity contribution is 6.92. The zero-order valence-corrected chi connectivity index (χ0v) is 10.2. The van der Waals surface area contributed by atoms with Crippen LogP contribution in [0.2, 0.25) is 0 Å². The van der Waals surface area contributed by atoms with Crippen molar-refractivity contribution in [1.82, 2.24) is 0 Å². The lowest BCUT2D eigenvalue weighted by molar-refractivity contribution is -0.870. The molecule has 0 radical (unpaired) electrons. The van der Waals surface area contributed by atoms with E-state index in [1.54, 1.807) is 0 Å². The van der Waals surface area contributed by atoms with Crippen molar-refractivity contribution in [2.45, 2.75) is 6.92 Å². The molecule has 0 heterocycles. The van der Waals surface area contributed by atoms with Crippen molar-refractivity contribution >= 4 is 15.9 Å². The molecule has 0 aliphatic heterocycles. The molecule has 0 spiro atoms. The Morgan fingerprint density at radius 2 is 1.69 bits per heavy atom. The minimum Gasteiger partial charge on any atom is -0.870 e. The highest BCUT2D eigenvalue weighted by Gasteiger charge is 2.06. The van der Waals surface area contributed by atoms with Gasteiger partial charge in [-0.05, 0) is 0 Å². The molecule has 0 amide bonds. The van der Waals surface area contributed by atoms with Crippen molar-refractivity contribution in [2.75, 3.05) is 34.3 Å². The van der Waals surface area contributed by atoms with E-state index < -0.39 is 0 Å². The van der Waals surface area contributed by atoms with E-state index in [0.29, 0.717) is 6.61 Å². The Hall–Kier alpha value is -0.220. The minimum absolute atomic E-state index is 0. The van der Waals surface area contributed by atoms with E-state index in [1.165, 1.54) is 6.92 Å². The highest BCUT2D eigenvalue weighted by Crippen LogP contribution is 1.88. The molecule has 0 fully saturated rings. The minimum atomic E-state index is -0.201. The molecule has 0 aliphatic rings. The number of rotatable bonds is 3. The van der Waals surface area contributed by atoms with E-state index >= 15 is 0 Å². The quantitative estimate of drug-likeness (QED) is 0.354. The molecular formula is C7H22NO4P. The summed E-state index contributed by atoms with van der Waals surface area (Å²) in [5.41, 5.74) is 0. The van der Waals surface area contributed by atoms with E-state index in [0.717, 1.165) is 11.0 Å². The molecule has 1 atom stereocenters. The Morgan fingerprint density at radius 1 is 1.31 bits per heavy atom. The van der Waals surface area contributed by atoms with Crippen LogP contribution in [0.1, 0.15) is 6.92 Å². The van der Waals surface area contributed by atoms with Crippen LogP contribution in [-0.4, -0.2) is 55.7 Å². The molecule has 0 aromatic carbocycles. The molecular weight excluding hydrogens is 193 g/mol. The largest absolute Gasteiger partial charge is 0.870 e. The Bertz CT molecular complexity index is 124. The summed E-state index contributed by atoms with van der Waals surface area (Å²) < 4.78 is 5.59. The summed E-state index contributed by atoms with van der Waals surface area (Å²) in [5.74, 6) is -0.201. The van der Waals surface area contributed by atoms with Crippen molar-refractivity contribution < 1.29 is 25.0 Å². The van der Waals surface area contributed by atoms with Gasteiger partial charge in [0.2, 0.25) is 0 Å². The molecule has 0 aliphatic carbocycles. The van der Waals surface area contributed by atoms with Crippen LogP contribution in [-0.2, 0) is 9.53 Å². The van der Waals surface area contributed by atoms with Crippen molar-refractivity contribution in [3.8, 4) is 0 Å². The second kappa shape index (κ2) is 9.86. The number of quaternary nitrogens is 1. The second-order valence-electron chi connectivity index (χ2n) is 3.35. The third-order valence-electron chi connectivity index (χ3n) is 1.07. The Labute approximate surface area is 82.9 Å². The summed E-state index contributed by atoms with van der Waals surface area (Å²) in [6, 6.07) is 0. The Balaban J connectivity index is -0.000000135. The monoisotopic (exact) mass is 215 g/mol. The summed E-state index contributed by atoms with van der Waals surface area (Å²) in [4.78, 5) is 10.3. The fraction of sp³-hybridized carbons (Fsp3) is 0.857. The number of esters is 1. The van der Waals surface area contributed by atoms with Gasteiger partial charge in [-0.1, -0.05) is 0 Å². The van der Waals surface area contributed by atoms with Crippen molar-refractivity contribution in [1.29, 1.82) is 0 Å². The summed E-state index contributed by atoms with van der Waals surface area (Å²) in [5, 5.41) is 0. The molecule has 6 heteroatoms. The summed E-state index contributed by atoms with van der Waals surface area (Å²) >= 11 is 0. The van der Waals surface area contributed by atoms with Gasteiger partial charge >= 0.3 is 5.97 Å². The molecule has 13 heavy (non-hydrogen) atoms. The van der Waals surface area contributed by atoms with E-state index in [2.05, 4.69) is 21.1 Å². The third kappa shape index (κ3) is 24.5. The van der Waals surface area contributed by atoms with Crippen LogP contribution in [0.3, 0.4) is 0 Å². The normalized spacial score (nSPS) is 8.62. The molecule has 5 nitrogen and oxygen atoms in total. The number of nitrogens with zero attached hydrogens (tertiary/aromatic N) is 1. The lowest BCUT2D eigenvalue weighted by atomic mass is 10.5. The number of ether oxygens (including phenoxy) is 1. The zero-order chi connectivity index (χ0) is 8.20. The zero-order valence-electron chi connectivity index (χ0n) is 8.83. The second-order valence-corrected chi connectivity index (χ2v) is 3.35. The first-order valence-corrected chi connectivity index (χ1v) is 3.35. The first-order valence-electron chi connectivity index (χ1n) is 3.35. The number of hydrogen-bond donors (Lipinski definition) is 0.